The van der Waals surface area contributed by atoms with Gasteiger partial charge in [-0.3, -0.25) is 9.20 Å². The summed E-state index contributed by atoms with van der Waals surface area (Å²) in [5.41, 5.74) is -0.106. The highest BCUT2D eigenvalue weighted by Crippen LogP contribution is 2.33. The number of anilines is 1. The number of hydrogen-bond donors (Lipinski definition) is 1. The number of carbonyl (C=O) groups excluding carboxylic acids is 1. The van der Waals surface area contributed by atoms with E-state index in [4.69, 9.17) is 16.3 Å². The number of benzene rings is 1. The molecule has 0 saturated carbocycles. The molecule has 1 N–H and O–H groups in total. The number of carbonyl (C=O) groups is 1. The maximum atomic E-state index is 13.2. The molecule has 0 fully saturated rings. The number of para-hydroxylation sites is 2. The van der Waals surface area contributed by atoms with Crippen LogP contribution < -0.4 is 10.1 Å². The lowest BCUT2D eigenvalue weighted by Gasteiger charge is -2.13. The number of aromatic nitrogens is 2. The molecule has 3 rings (SSSR count). The molecule has 0 aliphatic rings. The van der Waals surface area contributed by atoms with Crippen molar-refractivity contribution in [1.29, 1.82) is 0 Å². The van der Waals surface area contributed by atoms with Crippen LogP contribution in [0.3, 0.4) is 0 Å². The number of nitrogens with one attached hydrogen (secondary N) is 1. The summed E-state index contributed by atoms with van der Waals surface area (Å²) in [6.07, 6.45) is -2.64. The molecule has 2 heterocycles. The van der Waals surface area contributed by atoms with Crippen molar-refractivity contribution >= 4 is 28.8 Å². The molecule has 2 aromatic heterocycles. The molecule has 0 spiro atoms. The van der Waals surface area contributed by atoms with Crippen LogP contribution in [0.1, 0.15) is 42.0 Å². The Kier molecular flexibility index (Phi) is 6.02. The average molecular weight is 426 g/mol. The fourth-order valence-electron chi connectivity index (χ4n) is 2.88. The van der Waals surface area contributed by atoms with Crippen LogP contribution in [0.2, 0.25) is 5.02 Å². The molecule has 5 nitrogen and oxygen atoms in total. The number of amides is 1. The number of fused-ring (bicyclic) bond motifs is 1. The molecule has 1 aromatic carbocycles. The Hall–Kier alpha value is -2.74. The first kappa shape index (κ1) is 21.0. The van der Waals surface area contributed by atoms with Crippen LogP contribution in [-0.2, 0) is 12.6 Å². The van der Waals surface area contributed by atoms with Gasteiger partial charge in [0.2, 0.25) is 0 Å². The van der Waals surface area contributed by atoms with E-state index in [2.05, 4.69) is 10.3 Å². The Morgan fingerprint density at radius 1 is 1.28 bits per heavy atom. The van der Waals surface area contributed by atoms with E-state index in [1.807, 2.05) is 6.92 Å². The first-order chi connectivity index (χ1) is 13.8. The standard InChI is InChI=1S/C20H19ClF3N3O2/c1-3-9-29-16-8-6-5-7-15(16)26-19(28)17-14(4-2)25-18-13(21)10-12(11-27(17)18)20(22,23)24/h5-8,10-11H,3-4,9H2,1-2H3,(H,26,28). The summed E-state index contributed by atoms with van der Waals surface area (Å²) >= 11 is 6.02. The topological polar surface area (TPSA) is 55.6 Å². The number of imidazole rings is 1. The summed E-state index contributed by atoms with van der Waals surface area (Å²) in [7, 11) is 0. The zero-order valence-electron chi connectivity index (χ0n) is 15.8. The molecule has 0 saturated heterocycles. The second-order valence-corrected chi connectivity index (χ2v) is 6.73. The Balaban J connectivity index is 2.07. The highest BCUT2D eigenvalue weighted by Gasteiger charge is 2.33. The smallest absolute Gasteiger partial charge is 0.417 e. The van der Waals surface area contributed by atoms with Crippen LogP contribution in [0.15, 0.2) is 36.5 Å². The number of alkyl halides is 3. The molecule has 1 amide bonds. The Morgan fingerprint density at radius 3 is 2.66 bits per heavy atom. The lowest BCUT2D eigenvalue weighted by Crippen LogP contribution is -2.18. The molecule has 3 aromatic rings. The van der Waals surface area contributed by atoms with E-state index in [0.29, 0.717) is 30.2 Å². The van der Waals surface area contributed by atoms with Gasteiger partial charge in [-0.25, -0.2) is 4.98 Å². The van der Waals surface area contributed by atoms with E-state index < -0.39 is 17.6 Å². The molecule has 154 valence electrons. The van der Waals surface area contributed by atoms with E-state index in [9.17, 15) is 18.0 Å². The van der Waals surface area contributed by atoms with Gasteiger partial charge in [-0.1, -0.05) is 37.6 Å². The first-order valence-corrected chi connectivity index (χ1v) is 9.44. The fourth-order valence-corrected chi connectivity index (χ4v) is 3.13. The SMILES string of the molecule is CCCOc1ccccc1NC(=O)c1c(CC)nc2c(Cl)cc(C(F)(F)F)cn12. The number of hydrogen-bond acceptors (Lipinski definition) is 3. The third-order valence-corrected chi connectivity index (χ3v) is 4.50. The second-order valence-electron chi connectivity index (χ2n) is 6.33. The zero-order valence-corrected chi connectivity index (χ0v) is 16.6. The number of halogens is 4. The predicted molar refractivity (Wildman–Crippen MR) is 105 cm³/mol. The summed E-state index contributed by atoms with van der Waals surface area (Å²) in [4.78, 5) is 17.3. The molecule has 0 unspecified atom stereocenters. The molecule has 9 heteroatoms. The molecule has 29 heavy (non-hydrogen) atoms. The van der Waals surface area contributed by atoms with Crippen molar-refractivity contribution in [3.05, 3.63) is 58.5 Å². The van der Waals surface area contributed by atoms with E-state index >= 15 is 0 Å². The fraction of sp³-hybridized carbons (Fsp3) is 0.300. The van der Waals surface area contributed by atoms with Crippen molar-refractivity contribution in [3.63, 3.8) is 0 Å². The normalized spacial score (nSPS) is 11.7. The summed E-state index contributed by atoms with van der Waals surface area (Å²) < 4.78 is 46.4. The monoisotopic (exact) mass is 425 g/mol. The number of aryl methyl sites for hydroxylation is 1. The van der Waals surface area contributed by atoms with Gasteiger partial charge in [0.05, 0.1) is 28.6 Å². The summed E-state index contributed by atoms with van der Waals surface area (Å²) in [5, 5.41) is 2.54. The average Bonchev–Trinajstić information content (AvgIpc) is 3.06. The van der Waals surface area contributed by atoms with Crippen molar-refractivity contribution in [2.75, 3.05) is 11.9 Å². The van der Waals surface area contributed by atoms with Crippen LogP contribution in [-0.4, -0.2) is 21.9 Å². The number of nitrogens with zero attached hydrogens (tertiary/aromatic N) is 2. The van der Waals surface area contributed by atoms with Crippen LogP contribution in [0.25, 0.3) is 5.65 Å². The second kappa shape index (κ2) is 8.32. The van der Waals surface area contributed by atoms with Gasteiger partial charge in [0.1, 0.15) is 11.4 Å². The molecule has 0 radical (unpaired) electrons. The summed E-state index contributed by atoms with van der Waals surface area (Å²) in [6, 6.07) is 7.66. The Morgan fingerprint density at radius 2 is 2.00 bits per heavy atom. The minimum absolute atomic E-state index is 0.000736. The van der Waals surface area contributed by atoms with E-state index in [1.54, 1.807) is 31.2 Å². The van der Waals surface area contributed by atoms with E-state index in [-0.39, 0.29) is 16.4 Å². The third-order valence-electron chi connectivity index (χ3n) is 4.22. The van der Waals surface area contributed by atoms with Gasteiger partial charge >= 0.3 is 6.18 Å². The molecule has 0 aliphatic carbocycles. The van der Waals surface area contributed by atoms with Gasteiger partial charge in [-0.2, -0.15) is 13.2 Å². The highest BCUT2D eigenvalue weighted by atomic mass is 35.5. The van der Waals surface area contributed by atoms with Gasteiger partial charge in [-0.05, 0) is 31.0 Å². The summed E-state index contributed by atoms with van der Waals surface area (Å²) in [5.74, 6) is -0.124. The van der Waals surface area contributed by atoms with Crippen molar-refractivity contribution in [1.82, 2.24) is 9.38 Å². The summed E-state index contributed by atoms with van der Waals surface area (Å²) in [6.45, 7) is 4.18. The molecular weight excluding hydrogens is 407 g/mol. The van der Waals surface area contributed by atoms with Crippen LogP contribution in [0.4, 0.5) is 18.9 Å². The predicted octanol–water partition coefficient (Wildman–Crippen LogP) is 5.61. The van der Waals surface area contributed by atoms with E-state index in [1.165, 1.54) is 0 Å². The first-order valence-electron chi connectivity index (χ1n) is 9.07. The van der Waals surface area contributed by atoms with Crippen LogP contribution in [0.5, 0.6) is 5.75 Å². The van der Waals surface area contributed by atoms with Gasteiger partial charge < -0.3 is 10.1 Å². The van der Waals surface area contributed by atoms with Gasteiger partial charge in [-0.15, -0.1) is 0 Å². The van der Waals surface area contributed by atoms with Gasteiger partial charge in [0.15, 0.2) is 5.65 Å². The minimum Gasteiger partial charge on any atom is -0.491 e. The maximum Gasteiger partial charge on any atom is 0.417 e. The van der Waals surface area contributed by atoms with Crippen LogP contribution >= 0.6 is 11.6 Å². The maximum absolute atomic E-state index is 13.2. The lowest BCUT2D eigenvalue weighted by atomic mass is 10.2. The lowest BCUT2D eigenvalue weighted by molar-refractivity contribution is -0.137. The third kappa shape index (κ3) is 4.32. The van der Waals surface area contributed by atoms with Crippen molar-refractivity contribution in [3.8, 4) is 5.75 Å². The quantitative estimate of drug-likeness (QED) is 0.558. The molecule has 0 atom stereocenters. The van der Waals surface area contributed by atoms with Crippen molar-refractivity contribution in [2.24, 2.45) is 0 Å². The Bertz CT molecular complexity index is 1050. The van der Waals surface area contributed by atoms with Crippen molar-refractivity contribution in [2.45, 2.75) is 32.9 Å². The molecular formula is C20H19ClF3N3O2. The number of rotatable bonds is 6. The minimum atomic E-state index is -4.61. The number of pyridine rings is 1. The number of ether oxygens (including phenoxy) is 1. The van der Waals surface area contributed by atoms with E-state index in [0.717, 1.165) is 23.1 Å². The zero-order chi connectivity index (χ0) is 21.2. The largest absolute Gasteiger partial charge is 0.491 e. The van der Waals surface area contributed by atoms with Gasteiger partial charge in [0, 0.05) is 6.20 Å². The van der Waals surface area contributed by atoms with Crippen LogP contribution in [0, 0.1) is 0 Å². The van der Waals surface area contributed by atoms with Gasteiger partial charge in [0.25, 0.3) is 5.91 Å². The molecule has 0 aliphatic heterocycles. The highest BCUT2D eigenvalue weighted by molar-refractivity contribution is 6.33. The Labute approximate surface area is 170 Å². The molecule has 0 bridgehead atoms. The van der Waals surface area contributed by atoms with Crippen molar-refractivity contribution < 1.29 is 22.7 Å².